The number of rotatable bonds is 4. The second kappa shape index (κ2) is 5.57. The largest absolute Gasteiger partial charge is 0.360 e. The van der Waals surface area contributed by atoms with Crippen molar-refractivity contribution in [2.75, 3.05) is 0 Å². The Morgan fingerprint density at radius 3 is 2.74 bits per heavy atom. The topological polar surface area (TPSA) is 64.3 Å². The number of nitrogens with zero attached hydrogens (tertiary/aromatic N) is 5. The number of nitrogens with one attached hydrogen (secondary N) is 1. The van der Waals surface area contributed by atoms with E-state index in [1.54, 1.807) is 4.68 Å². The average Bonchev–Trinajstić information content (AvgIpc) is 3.28. The van der Waals surface area contributed by atoms with E-state index in [0.29, 0.717) is 6.54 Å². The Morgan fingerprint density at radius 1 is 1.09 bits per heavy atom. The molecule has 0 bridgehead atoms. The minimum absolute atomic E-state index is 0.716. The minimum Gasteiger partial charge on any atom is -0.360 e. The second-order valence-electron chi connectivity index (χ2n) is 5.49. The lowest BCUT2D eigenvalue weighted by Gasteiger charge is -1.99. The van der Waals surface area contributed by atoms with Crippen LogP contribution in [0.2, 0.25) is 0 Å². The van der Waals surface area contributed by atoms with Gasteiger partial charge in [-0.1, -0.05) is 35.5 Å². The zero-order valence-corrected chi connectivity index (χ0v) is 12.7. The summed E-state index contributed by atoms with van der Waals surface area (Å²) in [6.45, 7) is 0.716. The molecule has 0 radical (unpaired) electrons. The van der Waals surface area contributed by atoms with Crippen molar-refractivity contribution in [1.29, 1.82) is 0 Å². The van der Waals surface area contributed by atoms with Crippen molar-refractivity contribution in [2.24, 2.45) is 7.05 Å². The smallest absolute Gasteiger partial charge is 0.114 e. The van der Waals surface area contributed by atoms with Crippen LogP contribution in [0.5, 0.6) is 0 Å². The van der Waals surface area contributed by atoms with Crippen LogP contribution < -0.4 is 0 Å². The van der Waals surface area contributed by atoms with E-state index in [1.165, 1.54) is 5.56 Å². The molecule has 0 saturated heterocycles. The van der Waals surface area contributed by atoms with Gasteiger partial charge in [0.25, 0.3) is 0 Å². The Bertz CT molecular complexity index is 915. The van der Waals surface area contributed by atoms with Gasteiger partial charge in [-0.2, -0.15) is 5.10 Å². The molecule has 23 heavy (non-hydrogen) atoms. The molecule has 0 amide bonds. The molecule has 0 atom stereocenters. The van der Waals surface area contributed by atoms with Gasteiger partial charge in [0.2, 0.25) is 0 Å². The van der Waals surface area contributed by atoms with E-state index >= 15 is 0 Å². The molecule has 0 saturated carbocycles. The predicted octanol–water partition coefficient (Wildman–Crippen LogP) is 2.72. The van der Waals surface area contributed by atoms with E-state index in [2.05, 4.69) is 38.6 Å². The molecule has 0 unspecified atom stereocenters. The van der Waals surface area contributed by atoms with Crippen LogP contribution in [-0.2, 0) is 13.6 Å². The summed E-state index contributed by atoms with van der Waals surface area (Å²) in [6, 6.07) is 12.3. The Hall–Kier alpha value is -3.15. The molecule has 114 valence electrons. The first-order valence-corrected chi connectivity index (χ1v) is 7.40. The van der Waals surface area contributed by atoms with E-state index in [1.807, 2.05) is 54.7 Å². The Morgan fingerprint density at radius 2 is 1.96 bits per heavy atom. The molecule has 4 rings (SSSR count). The molecule has 4 aromatic rings. The summed E-state index contributed by atoms with van der Waals surface area (Å²) >= 11 is 0. The van der Waals surface area contributed by atoms with Crippen molar-refractivity contribution < 1.29 is 0 Å². The number of hydrogen-bond donors (Lipinski definition) is 1. The number of hydrogen-bond acceptors (Lipinski definition) is 3. The maximum atomic E-state index is 4.27. The van der Waals surface area contributed by atoms with Gasteiger partial charge in [0.15, 0.2) is 0 Å². The standard InChI is InChI=1S/C17H16N6/c1-22-11-15(9-19-22)16-7-14(8-18-16)17-12-23(21-20-17)10-13-5-3-2-4-6-13/h2-9,11-12,18H,10H2,1H3. The molecule has 1 aromatic carbocycles. The van der Waals surface area contributed by atoms with E-state index in [4.69, 9.17) is 0 Å². The van der Waals surface area contributed by atoms with Gasteiger partial charge < -0.3 is 4.98 Å². The highest BCUT2D eigenvalue weighted by Gasteiger charge is 2.09. The van der Waals surface area contributed by atoms with Gasteiger partial charge in [-0.15, -0.1) is 5.10 Å². The SMILES string of the molecule is Cn1cc(-c2cc(-c3cn(Cc4ccccc4)nn3)c[nH]2)cn1. The molecule has 6 heteroatoms. The first-order valence-electron chi connectivity index (χ1n) is 7.40. The van der Waals surface area contributed by atoms with Crippen molar-refractivity contribution in [3.8, 4) is 22.5 Å². The third-order valence-electron chi connectivity index (χ3n) is 3.72. The second-order valence-corrected chi connectivity index (χ2v) is 5.49. The summed E-state index contributed by atoms with van der Waals surface area (Å²) in [4.78, 5) is 3.26. The zero-order chi connectivity index (χ0) is 15.6. The minimum atomic E-state index is 0.716. The van der Waals surface area contributed by atoms with Crippen molar-refractivity contribution in [3.63, 3.8) is 0 Å². The van der Waals surface area contributed by atoms with Gasteiger partial charge >= 0.3 is 0 Å². The van der Waals surface area contributed by atoms with Crippen LogP contribution in [0.15, 0.2) is 61.2 Å². The van der Waals surface area contributed by atoms with Gasteiger partial charge in [0, 0.05) is 36.3 Å². The third-order valence-corrected chi connectivity index (χ3v) is 3.72. The molecule has 6 nitrogen and oxygen atoms in total. The molecule has 0 spiro atoms. The fourth-order valence-electron chi connectivity index (χ4n) is 2.55. The third kappa shape index (κ3) is 2.78. The summed E-state index contributed by atoms with van der Waals surface area (Å²) in [5.74, 6) is 0. The van der Waals surface area contributed by atoms with Gasteiger partial charge in [-0.3, -0.25) is 4.68 Å². The fraction of sp³-hybridized carbons (Fsp3) is 0.118. The van der Waals surface area contributed by atoms with Crippen molar-refractivity contribution in [3.05, 3.63) is 66.7 Å². The van der Waals surface area contributed by atoms with Crippen LogP contribution in [-0.4, -0.2) is 29.8 Å². The average molecular weight is 304 g/mol. The highest BCUT2D eigenvalue weighted by Crippen LogP contribution is 2.24. The van der Waals surface area contributed by atoms with E-state index in [9.17, 15) is 0 Å². The van der Waals surface area contributed by atoms with Crippen molar-refractivity contribution >= 4 is 0 Å². The van der Waals surface area contributed by atoms with Crippen molar-refractivity contribution in [1.82, 2.24) is 29.8 Å². The fourth-order valence-corrected chi connectivity index (χ4v) is 2.55. The maximum absolute atomic E-state index is 4.27. The summed E-state index contributed by atoms with van der Waals surface area (Å²) in [6.07, 6.45) is 7.71. The molecule has 3 aromatic heterocycles. The molecule has 0 aliphatic rings. The first-order chi connectivity index (χ1) is 11.3. The van der Waals surface area contributed by atoms with E-state index in [-0.39, 0.29) is 0 Å². The van der Waals surface area contributed by atoms with E-state index < -0.39 is 0 Å². The molecule has 0 aliphatic carbocycles. The monoisotopic (exact) mass is 304 g/mol. The van der Waals surface area contributed by atoms with Gasteiger partial charge in [0.05, 0.1) is 18.9 Å². The summed E-state index contributed by atoms with van der Waals surface area (Å²) in [5, 5.41) is 12.7. The lowest BCUT2D eigenvalue weighted by molar-refractivity contribution is 0.650. The lowest BCUT2D eigenvalue weighted by Crippen LogP contribution is -1.99. The highest BCUT2D eigenvalue weighted by molar-refractivity contribution is 5.68. The van der Waals surface area contributed by atoms with E-state index in [0.717, 1.165) is 22.5 Å². The number of aromatic nitrogens is 6. The molecule has 0 fully saturated rings. The number of benzene rings is 1. The maximum Gasteiger partial charge on any atom is 0.114 e. The van der Waals surface area contributed by atoms with Crippen molar-refractivity contribution in [2.45, 2.75) is 6.54 Å². The first kappa shape index (κ1) is 13.5. The zero-order valence-electron chi connectivity index (χ0n) is 12.7. The normalized spacial score (nSPS) is 11.0. The number of H-pyrrole nitrogens is 1. The number of aryl methyl sites for hydroxylation is 1. The van der Waals surface area contributed by atoms with Crippen LogP contribution in [0.4, 0.5) is 0 Å². The van der Waals surface area contributed by atoms with Gasteiger partial charge in [-0.25, -0.2) is 4.68 Å². The predicted molar refractivity (Wildman–Crippen MR) is 87.6 cm³/mol. The van der Waals surface area contributed by atoms with Crippen LogP contribution in [0, 0.1) is 0 Å². The van der Waals surface area contributed by atoms with Crippen LogP contribution in [0.1, 0.15) is 5.56 Å². The molecular formula is C17H16N6. The lowest BCUT2D eigenvalue weighted by atomic mass is 10.2. The summed E-state index contributed by atoms with van der Waals surface area (Å²) in [7, 11) is 1.91. The molecule has 0 aliphatic heterocycles. The summed E-state index contributed by atoms with van der Waals surface area (Å²) < 4.78 is 3.63. The number of aromatic amines is 1. The Balaban J connectivity index is 1.56. The highest BCUT2D eigenvalue weighted by atomic mass is 15.4. The van der Waals surface area contributed by atoms with Crippen LogP contribution in [0.25, 0.3) is 22.5 Å². The molecular weight excluding hydrogens is 288 g/mol. The van der Waals surface area contributed by atoms with Gasteiger partial charge in [0.1, 0.15) is 5.69 Å². The molecule has 1 N–H and O–H groups in total. The summed E-state index contributed by atoms with van der Waals surface area (Å²) in [5.41, 5.74) is 5.14. The van der Waals surface area contributed by atoms with Crippen LogP contribution >= 0.6 is 0 Å². The van der Waals surface area contributed by atoms with Crippen LogP contribution in [0.3, 0.4) is 0 Å². The Labute approximate surface area is 133 Å². The Kier molecular flexibility index (Phi) is 3.27. The van der Waals surface area contributed by atoms with Gasteiger partial charge in [-0.05, 0) is 11.6 Å². The quantitative estimate of drug-likeness (QED) is 0.630. The molecule has 3 heterocycles.